The van der Waals surface area contributed by atoms with Crippen LogP contribution in [0.1, 0.15) is 6.92 Å². The van der Waals surface area contributed by atoms with Crippen LogP contribution in [0.4, 0.5) is 0 Å². The van der Waals surface area contributed by atoms with E-state index in [1.165, 1.54) is 20.3 Å². The molecule has 0 fully saturated rings. The third-order valence-electron chi connectivity index (χ3n) is 1.05. The number of rotatable bonds is 4. The molecule has 0 aliphatic rings. The highest BCUT2D eigenvalue weighted by Crippen LogP contribution is 1.90. The first-order valence-corrected chi connectivity index (χ1v) is 3.27. The number of ether oxygens (including phenoxy) is 1. The Morgan fingerprint density at radius 1 is 1.58 bits per heavy atom. The Kier molecular flexibility index (Phi) is 4.52. The molecule has 0 spiro atoms. The molecule has 0 atom stereocenters. The lowest BCUT2D eigenvalue weighted by Crippen LogP contribution is -2.29. The van der Waals surface area contributed by atoms with Gasteiger partial charge in [-0.3, -0.25) is 9.59 Å². The summed E-state index contributed by atoms with van der Waals surface area (Å²) in [6, 6.07) is 0. The fourth-order valence-electron chi connectivity index (χ4n) is 0.526. The van der Waals surface area contributed by atoms with Crippen molar-refractivity contribution in [3.05, 3.63) is 11.8 Å². The van der Waals surface area contributed by atoms with Crippen LogP contribution < -0.4 is 5.32 Å². The van der Waals surface area contributed by atoms with Gasteiger partial charge >= 0.3 is 5.97 Å². The Morgan fingerprint density at radius 3 is 2.58 bits per heavy atom. The maximum atomic E-state index is 10.9. The number of carboxylic acid groups (broad SMARTS) is 1. The van der Waals surface area contributed by atoms with Crippen molar-refractivity contribution in [2.24, 2.45) is 0 Å². The van der Waals surface area contributed by atoms with Crippen molar-refractivity contribution in [3.8, 4) is 0 Å². The normalized spacial score (nSPS) is 10.7. The summed E-state index contributed by atoms with van der Waals surface area (Å²) in [5, 5.41) is 10.4. The molecule has 5 nitrogen and oxygen atoms in total. The standard InChI is InChI=1S/C7H11NO4/c1-5(4-12-2)7(11)8-3-6(9)10/h4H,3H2,1-2H3,(H,8,11)(H,9,10). The van der Waals surface area contributed by atoms with Crippen molar-refractivity contribution in [3.63, 3.8) is 0 Å². The topological polar surface area (TPSA) is 75.6 Å². The monoisotopic (exact) mass is 173 g/mol. The maximum Gasteiger partial charge on any atom is 0.322 e. The van der Waals surface area contributed by atoms with Gasteiger partial charge in [0, 0.05) is 5.57 Å². The Hall–Kier alpha value is -1.52. The molecule has 0 saturated carbocycles. The summed E-state index contributed by atoms with van der Waals surface area (Å²) in [4.78, 5) is 20.9. The molecule has 2 N–H and O–H groups in total. The van der Waals surface area contributed by atoms with Gasteiger partial charge in [-0.15, -0.1) is 0 Å². The fourth-order valence-corrected chi connectivity index (χ4v) is 0.526. The molecule has 5 heteroatoms. The van der Waals surface area contributed by atoms with Crippen molar-refractivity contribution in [1.82, 2.24) is 5.32 Å². The lowest BCUT2D eigenvalue weighted by molar-refractivity contribution is -0.137. The molecule has 0 aromatic rings. The molecule has 0 rings (SSSR count). The number of methoxy groups -OCH3 is 1. The van der Waals surface area contributed by atoms with Crippen LogP contribution in [0.2, 0.25) is 0 Å². The second-order valence-corrected chi connectivity index (χ2v) is 2.11. The van der Waals surface area contributed by atoms with Gasteiger partial charge in [0.1, 0.15) is 6.54 Å². The third-order valence-corrected chi connectivity index (χ3v) is 1.05. The van der Waals surface area contributed by atoms with Gasteiger partial charge in [0.2, 0.25) is 0 Å². The molecule has 12 heavy (non-hydrogen) atoms. The molecule has 68 valence electrons. The largest absolute Gasteiger partial charge is 0.504 e. The first kappa shape index (κ1) is 10.5. The minimum atomic E-state index is -1.08. The van der Waals surface area contributed by atoms with Crippen molar-refractivity contribution in [2.75, 3.05) is 13.7 Å². The molecular formula is C7H11NO4. The van der Waals surface area contributed by atoms with Crippen LogP contribution in [-0.4, -0.2) is 30.6 Å². The summed E-state index contributed by atoms with van der Waals surface area (Å²) in [5.41, 5.74) is 0.332. The van der Waals surface area contributed by atoms with Crippen LogP contribution >= 0.6 is 0 Å². The highest BCUT2D eigenvalue weighted by molar-refractivity contribution is 5.94. The third kappa shape index (κ3) is 4.32. The zero-order valence-electron chi connectivity index (χ0n) is 6.96. The van der Waals surface area contributed by atoms with E-state index in [4.69, 9.17) is 5.11 Å². The van der Waals surface area contributed by atoms with Gasteiger partial charge in [-0.05, 0) is 6.92 Å². The van der Waals surface area contributed by atoms with Crippen LogP contribution in [0.3, 0.4) is 0 Å². The van der Waals surface area contributed by atoms with Crippen LogP contribution in [0, 0.1) is 0 Å². The molecule has 0 aromatic carbocycles. The fraction of sp³-hybridized carbons (Fsp3) is 0.429. The second kappa shape index (κ2) is 5.17. The van der Waals surface area contributed by atoms with Gasteiger partial charge in [-0.25, -0.2) is 0 Å². The molecule has 0 unspecified atom stereocenters. The smallest absolute Gasteiger partial charge is 0.322 e. The van der Waals surface area contributed by atoms with E-state index in [1.54, 1.807) is 0 Å². The molecular weight excluding hydrogens is 162 g/mol. The quantitative estimate of drug-likeness (QED) is 0.453. The van der Waals surface area contributed by atoms with Crippen molar-refractivity contribution in [2.45, 2.75) is 6.92 Å². The lowest BCUT2D eigenvalue weighted by atomic mass is 10.3. The molecule has 0 aliphatic heterocycles. The van der Waals surface area contributed by atoms with Gasteiger partial charge in [-0.2, -0.15) is 0 Å². The molecule has 0 aromatic heterocycles. The van der Waals surface area contributed by atoms with Crippen LogP contribution in [-0.2, 0) is 14.3 Å². The molecule has 0 saturated heterocycles. The molecule has 0 bridgehead atoms. The second-order valence-electron chi connectivity index (χ2n) is 2.11. The summed E-state index contributed by atoms with van der Waals surface area (Å²) in [6.07, 6.45) is 1.25. The predicted molar refractivity (Wildman–Crippen MR) is 41.4 cm³/mol. The Morgan fingerprint density at radius 2 is 2.17 bits per heavy atom. The van der Waals surface area contributed by atoms with Crippen LogP contribution in [0.25, 0.3) is 0 Å². The van der Waals surface area contributed by atoms with Gasteiger partial charge < -0.3 is 15.2 Å². The van der Waals surface area contributed by atoms with Gasteiger partial charge in [0.25, 0.3) is 5.91 Å². The number of carboxylic acids is 1. The Labute approximate surface area is 70.0 Å². The SMILES string of the molecule is COC=C(C)C(=O)NCC(=O)O. The van der Waals surface area contributed by atoms with Crippen molar-refractivity contribution < 1.29 is 19.4 Å². The minimum Gasteiger partial charge on any atom is -0.504 e. The van der Waals surface area contributed by atoms with E-state index in [9.17, 15) is 9.59 Å². The molecule has 0 radical (unpaired) electrons. The summed E-state index contributed by atoms with van der Waals surface area (Å²) in [5.74, 6) is -1.52. The Balaban J connectivity index is 3.88. The van der Waals surface area contributed by atoms with Crippen LogP contribution in [0.5, 0.6) is 0 Å². The van der Waals surface area contributed by atoms with E-state index in [1.807, 2.05) is 0 Å². The van der Waals surface area contributed by atoms with Crippen molar-refractivity contribution in [1.29, 1.82) is 0 Å². The first-order valence-electron chi connectivity index (χ1n) is 3.27. The Bertz CT molecular complexity index is 209. The van der Waals surface area contributed by atoms with E-state index in [0.717, 1.165) is 0 Å². The van der Waals surface area contributed by atoms with Crippen molar-refractivity contribution >= 4 is 11.9 Å². The predicted octanol–water partition coefficient (Wildman–Crippen LogP) is -0.263. The number of nitrogens with one attached hydrogen (secondary N) is 1. The average Bonchev–Trinajstić information content (AvgIpc) is 2.00. The van der Waals surface area contributed by atoms with E-state index >= 15 is 0 Å². The van der Waals surface area contributed by atoms with E-state index < -0.39 is 11.9 Å². The highest BCUT2D eigenvalue weighted by atomic mass is 16.5. The van der Waals surface area contributed by atoms with E-state index in [-0.39, 0.29) is 6.54 Å². The molecule has 0 heterocycles. The lowest BCUT2D eigenvalue weighted by Gasteiger charge is -2.00. The molecule has 1 amide bonds. The molecule has 0 aliphatic carbocycles. The van der Waals surface area contributed by atoms with E-state index in [0.29, 0.717) is 5.57 Å². The highest BCUT2D eigenvalue weighted by Gasteiger charge is 2.05. The number of amides is 1. The van der Waals surface area contributed by atoms with Crippen LogP contribution in [0.15, 0.2) is 11.8 Å². The summed E-state index contributed by atoms with van der Waals surface area (Å²) in [6.45, 7) is 1.15. The number of carbonyl (C=O) groups excluding carboxylic acids is 1. The van der Waals surface area contributed by atoms with Gasteiger partial charge in [0.15, 0.2) is 0 Å². The average molecular weight is 173 g/mol. The number of aliphatic carboxylic acids is 1. The number of hydrogen-bond acceptors (Lipinski definition) is 3. The number of hydrogen-bond donors (Lipinski definition) is 2. The maximum absolute atomic E-state index is 10.9. The first-order chi connectivity index (χ1) is 5.57. The van der Waals surface area contributed by atoms with Gasteiger partial charge in [-0.1, -0.05) is 0 Å². The van der Waals surface area contributed by atoms with Gasteiger partial charge in [0.05, 0.1) is 13.4 Å². The summed E-state index contributed by atoms with van der Waals surface area (Å²) < 4.78 is 4.56. The number of carbonyl (C=O) groups is 2. The zero-order valence-corrected chi connectivity index (χ0v) is 6.96. The minimum absolute atomic E-state index is 0.332. The summed E-state index contributed by atoms with van der Waals surface area (Å²) >= 11 is 0. The van der Waals surface area contributed by atoms with E-state index in [2.05, 4.69) is 10.1 Å². The summed E-state index contributed by atoms with van der Waals surface area (Å²) in [7, 11) is 1.41. The zero-order chi connectivity index (χ0) is 9.56.